The number of urea groups is 1. The minimum Gasteiger partial charge on any atom is -0.348 e. The summed E-state index contributed by atoms with van der Waals surface area (Å²) in [4.78, 5) is 42.9. The minimum atomic E-state index is -1.03. The molecule has 1 saturated heterocycles. The van der Waals surface area contributed by atoms with E-state index in [9.17, 15) is 14.4 Å². The van der Waals surface area contributed by atoms with E-state index in [2.05, 4.69) is 20.7 Å². The third-order valence-electron chi connectivity index (χ3n) is 5.86. The number of carbonyl (C=O) groups excluding carboxylic acids is 3. The lowest BCUT2D eigenvalue weighted by molar-refractivity contribution is -0.134. The summed E-state index contributed by atoms with van der Waals surface area (Å²) in [5, 5.41) is 9.69. The Bertz CT molecular complexity index is 1130. The van der Waals surface area contributed by atoms with E-state index in [0.29, 0.717) is 12.8 Å². The van der Waals surface area contributed by atoms with E-state index in [1.54, 1.807) is 17.9 Å². The Kier molecular flexibility index (Phi) is 6.21. The van der Waals surface area contributed by atoms with Crippen molar-refractivity contribution in [2.75, 3.05) is 6.54 Å². The molecule has 2 unspecified atom stereocenters. The van der Waals surface area contributed by atoms with Crippen LogP contribution in [0.5, 0.6) is 0 Å². The van der Waals surface area contributed by atoms with E-state index < -0.39 is 17.5 Å². The summed E-state index contributed by atoms with van der Waals surface area (Å²) in [6.07, 6.45) is 4.16. The van der Waals surface area contributed by atoms with Crippen molar-refractivity contribution in [2.24, 2.45) is 0 Å². The number of imide groups is 1. The number of carbonyl (C=O) groups is 3. The molecule has 1 aliphatic rings. The van der Waals surface area contributed by atoms with Gasteiger partial charge < -0.3 is 10.6 Å². The van der Waals surface area contributed by atoms with Gasteiger partial charge in [-0.05, 0) is 49.9 Å². The lowest BCUT2D eigenvalue weighted by Gasteiger charge is -2.22. The first-order valence-corrected chi connectivity index (χ1v) is 10.8. The second kappa shape index (κ2) is 9.23. The quantitative estimate of drug-likeness (QED) is 0.517. The topological polar surface area (TPSA) is 109 Å². The molecule has 9 nitrogen and oxygen atoms in total. The molecule has 2 atom stereocenters. The molecule has 0 aliphatic carbocycles. The summed E-state index contributed by atoms with van der Waals surface area (Å²) in [5.74, 6) is -0.790. The highest BCUT2D eigenvalue weighted by molar-refractivity contribution is 6.08. The molecule has 0 bridgehead atoms. The molecule has 4 rings (SSSR count). The molecule has 1 aliphatic heterocycles. The molecule has 4 amide bonds. The molecular weight excluding hydrogens is 420 g/mol. The zero-order valence-electron chi connectivity index (χ0n) is 18.6. The zero-order valence-corrected chi connectivity index (χ0v) is 18.6. The fraction of sp³-hybridized carbons (Fsp3) is 0.292. The Morgan fingerprint density at radius 2 is 1.85 bits per heavy atom. The molecule has 9 heteroatoms. The summed E-state index contributed by atoms with van der Waals surface area (Å²) in [6, 6.07) is 16.4. The first kappa shape index (κ1) is 22.2. The first-order valence-electron chi connectivity index (χ1n) is 10.8. The first-order chi connectivity index (χ1) is 15.9. The van der Waals surface area contributed by atoms with Gasteiger partial charge in [0.15, 0.2) is 0 Å². The summed E-state index contributed by atoms with van der Waals surface area (Å²) in [7, 11) is 0. The molecule has 0 radical (unpaired) electrons. The van der Waals surface area contributed by atoms with E-state index in [-0.39, 0.29) is 18.5 Å². The average molecular weight is 447 g/mol. The van der Waals surface area contributed by atoms with E-state index in [0.717, 1.165) is 21.7 Å². The lowest BCUT2D eigenvalue weighted by atomic mass is 9.93. The van der Waals surface area contributed by atoms with Crippen LogP contribution in [0.3, 0.4) is 0 Å². The second-order valence-corrected chi connectivity index (χ2v) is 8.36. The van der Waals surface area contributed by atoms with E-state index in [1.807, 2.05) is 61.5 Å². The number of hydrogen-bond acceptors (Lipinski definition) is 5. The molecule has 3 aromatic rings. The van der Waals surface area contributed by atoms with Crippen molar-refractivity contribution < 1.29 is 14.4 Å². The number of nitrogens with one attached hydrogen (secondary N) is 2. The van der Waals surface area contributed by atoms with Crippen LogP contribution in [0, 0.1) is 0 Å². The molecule has 2 aromatic carbocycles. The van der Waals surface area contributed by atoms with Crippen molar-refractivity contribution in [3.05, 3.63) is 78.4 Å². The number of hydrogen-bond donors (Lipinski definition) is 2. The van der Waals surface area contributed by atoms with Crippen LogP contribution < -0.4 is 10.6 Å². The third-order valence-corrected chi connectivity index (χ3v) is 5.86. The van der Waals surface area contributed by atoms with Crippen LogP contribution in [-0.4, -0.2) is 49.6 Å². The molecule has 1 fully saturated rings. The number of benzene rings is 2. The molecule has 2 N–H and O–H groups in total. The zero-order chi connectivity index (χ0) is 23.4. The maximum absolute atomic E-state index is 12.9. The number of aryl methyl sites for hydroxylation is 1. The van der Waals surface area contributed by atoms with Crippen molar-refractivity contribution in [2.45, 2.75) is 38.3 Å². The smallest absolute Gasteiger partial charge is 0.325 e. The number of rotatable bonds is 8. The van der Waals surface area contributed by atoms with Crippen molar-refractivity contribution in [3.8, 4) is 5.69 Å². The summed E-state index contributed by atoms with van der Waals surface area (Å²) < 4.78 is 1.64. The van der Waals surface area contributed by atoms with Gasteiger partial charge in [-0.2, -0.15) is 5.10 Å². The molecule has 0 saturated carbocycles. The summed E-state index contributed by atoms with van der Waals surface area (Å²) in [5.41, 5.74) is 1.79. The van der Waals surface area contributed by atoms with E-state index in [1.165, 1.54) is 6.33 Å². The van der Waals surface area contributed by atoms with Crippen LogP contribution in [0.2, 0.25) is 0 Å². The lowest BCUT2D eigenvalue weighted by Crippen LogP contribution is -2.45. The van der Waals surface area contributed by atoms with Crippen molar-refractivity contribution in [1.29, 1.82) is 0 Å². The van der Waals surface area contributed by atoms with Gasteiger partial charge in [0.05, 0.1) is 11.7 Å². The second-order valence-electron chi connectivity index (χ2n) is 8.36. The van der Waals surface area contributed by atoms with Gasteiger partial charge in [0, 0.05) is 0 Å². The van der Waals surface area contributed by atoms with Crippen LogP contribution in [0.1, 0.15) is 37.4 Å². The predicted molar refractivity (Wildman–Crippen MR) is 121 cm³/mol. The fourth-order valence-electron chi connectivity index (χ4n) is 3.87. The van der Waals surface area contributed by atoms with Gasteiger partial charge >= 0.3 is 6.03 Å². The molecule has 0 spiro atoms. The number of nitrogens with zero attached hydrogens (tertiary/aromatic N) is 4. The Morgan fingerprint density at radius 3 is 2.52 bits per heavy atom. The van der Waals surface area contributed by atoms with Gasteiger partial charge in [0.2, 0.25) is 5.91 Å². The molecule has 170 valence electrons. The fourth-order valence-corrected chi connectivity index (χ4v) is 3.87. The van der Waals surface area contributed by atoms with Crippen LogP contribution in [0.25, 0.3) is 5.69 Å². The Balaban J connectivity index is 1.33. The summed E-state index contributed by atoms with van der Waals surface area (Å²) in [6.45, 7) is 3.22. The SMILES string of the molecule is CC(NC(=O)CN1C(=O)NC(C)(CCc2ccccc2)C1=O)c1ccc(-n2cncn2)cc1. The van der Waals surface area contributed by atoms with Gasteiger partial charge in [0.1, 0.15) is 24.7 Å². The van der Waals surface area contributed by atoms with E-state index in [4.69, 9.17) is 0 Å². The summed E-state index contributed by atoms with van der Waals surface area (Å²) >= 11 is 0. The highest BCUT2D eigenvalue weighted by atomic mass is 16.2. The monoisotopic (exact) mass is 446 g/mol. The highest BCUT2D eigenvalue weighted by Crippen LogP contribution is 2.23. The van der Waals surface area contributed by atoms with Gasteiger partial charge in [-0.25, -0.2) is 14.5 Å². The normalized spacial score (nSPS) is 18.8. The maximum atomic E-state index is 12.9. The standard InChI is InChI=1S/C24H26N6O3/c1-17(19-8-10-20(11-9-19)30-16-25-15-26-30)27-21(31)14-29-22(32)24(2,28-23(29)33)13-12-18-6-4-3-5-7-18/h3-11,15-17H,12-14H2,1-2H3,(H,27,31)(H,28,33). The van der Waals surface area contributed by atoms with Crippen LogP contribution in [0.15, 0.2) is 67.3 Å². The van der Waals surface area contributed by atoms with Crippen LogP contribution >= 0.6 is 0 Å². The largest absolute Gasteiger partial charge is 0.348 e. The number of aromatic nitrogens is 3. The number of amides is 4. The van der Waals surface area contributed by atoms with Gasteiger partial charge in [0.25, 0.3) is 5.91 Å². The van der Waals surface area contributed by atoms with E-state index >= 15 is 0 Å². The highest BCUT2D eigenvalue weighted by Gasteiger charge is 2.47. The Labute approximate surface area is 191 Å². The molecule has 33 heavy (non-hydrogen) atoms. The van der Waals surface area contributed by atoms with Crippen molar-refractivity contribution in [3.63, 3.8) is 0 Å². The van der Waals surface area contributed by atoms with Gasteiger partial charge in [-0.15, -0.1) is 0 Å². The minimum absolute atomic E-state index is 0.299. The van der Waals surface area contributed by atoms with Crippen molar-refractivity contribution in [1.82, 2.24) is 30.3 Å². The van der Waals surface area contributed by atoms with Gasteiger partial charge in [-0.1, -0.05) is 42.5 Å². The average Bonchev–Trinajstić information content (AvgIpc) is 3.42. The molecule has 1 aromatic heterocycles. The molecule has 2 heterocycles. The molecular formula is C24H26N6O3. The van der Waals surface area contributed by atoms with Crippen LogP contribution in [0.4, 0.5) is 4.79 Å². The maximum Gasteiger partial charge on any atom is 0.325 e. The predicted octanol–water partition coefficient (Wildman–Crippen LogP) is 2.39. The van der Waals surface area contributed by atoms with Gasteiger partial charge in [-0.3, -0.25) is 14.5 Å². The Morgan fingerprint density at radius 1 is 1.12 bits per heavy atom. The third kappa shape index (κ3) is 4.92. The van der Waals surface area contributed by atoms with Crippen molar-refractivity contribution >= 4 is 17.8 Å². The van der Waals surface area contributed by atoms with Crippen LogP contribution in [-0.2, 0) is 16.0 Å². The Hall–Kier alpha value is -4.01.